The maximum atomic E-state index is 10.8. The van der Waals surface area contributed by atoms with Crippen molar-refractivity contribution in [3.8, 4) is 0 Å². The molecule has 0 amide bonds. The van der Waals surface area contributed by atoms with Gasteiger partial charge < -0.3 is 25.2 Å². The fourth-order valence-corrected chi connectivity index (χ4v) is 3.43. The molecule has 2 rings (SSSR count). The van der Waals surface area contributed by atoms with Crippen LogP contribution in [0.1, 0.15) is 40.3 Å². The van der Waals surface area contributed by atoms with E-state index in [0.717, 1.165) is 27.8 Å². The molecule has 130 valence electrons. The molecule has 23 heavy (non-hydrogen) atoms. The Balaban J connectivity index is 2.46. The third-order valence-electron chi connectivity index (χ3n) is 5.59. The van der Waals surface area contributed by atoms with Crippen molar-refractivity contribution < 1.29 is 25.2 Å². The fraction of sp³-hybridized carbons (Fsp3) is 0.667. The average molecular weight is 324 g/mol. The van der Waals surface area contributed by atoms with Gasteiger partial charge in [0.05, 0.1) is 6.10 Å². The highest BCUT2D eigenvalue weighted by Crippen LogP contribution is 2.35. The zero-order valence-electron chi connectivity index (χ0n) is 14.7. The van der Waals surface area contributed by atoms with Crippen molar-refractivity contribution in [3.63, 3.8) is 0 Å². The first-order valence-electron chi connectivity index (χ1n) is 8.01. The maximum absolute atomic E-state index is 10.8. The smallest absolute Gasteiger partial charge is 0.199 e. The van der Waals surface area contributed by atoms with Gasteiger partial charge in [-0.2, -0.15) is 0 Å². The zero-order valence-corrected chi connectivity index (χ0v) is 14.7. The molecule has 0 aliphatic carbocycles. The molecule has 1 aromatic carbocycles. The van der Waals surface area contributed by atoms with E-state index in [-0.39, 0.29) is 6.42 Å². The van der Waals surface area contributed by atoms with E-state index in [2.05, 4.69) is 6.92 Å². The summed E-state index contributed by atoms with van der Waals surface area (Å²) in [4.78, 5) is 0. The molecule has 0 radical (unpaired) electrons. The number of aliphatic hydroxyl groups is 4. The van der Waals surface area contributed by atoms with Crippen LogP contribution in [-0.2, 0) is 11.2 Å². The van der Waals surface area contributed by atoms with E-state index >= 15 is 0 Å². The number of hydrogen-bond donors (Lipinski definition) is 4. The van der Waals surface area contributed by atoms with Gasteiger partial charge in [-0.25, -0.2) is 0 Å². The second-order valence-electron chi connectivity index (χ2n) is 6.87. The number of rotatable bonds is 2. The number of aliphatic hydroxyl groups excluding tert-OH is 3. The lowest BCUT2D eigenvalue weighted by Crippen LogP contribution is -2.64. The van der Waals surface area contributed by atoms with Gasteiger partial charge in [0.2, 0.25) is 0 Å². The molecule has 0 unspecified atom stereocenters. The van der Waals surface area contributed by atoms with Crippen molar-refractivity contribution in [3.05, 3.63) is 33.4 Å². The molecular weight excluding hydrogens is 296 g/mol. The molecule has 1 heterocycles. The molecule has 1 aromatic rings. The summed E-state index contributed by atoms with van der Waals surface area (Å²) >= 11 is 0. The van der Waals surface area contributed by atoms with Crippen LogP contribution in [-0.4, -0.2) is 50.6 Å². The first-order valence-corrected chi connectivity index (χ1v) is 8.01. The monoisotopic (exact) mass is 324 g/mol. The van der Waals surface area contributed by atoms with Gasteiger partial charge >= 0.3 is 0 Å². The highest BCUT2D eigenvalue weighted by Gasteiger charge is 2.51. The predicted molar refractivity (Wildman–Crippen MR) is 87.3 cm³/mol. The lowest BCUT2D eigenvalue weighted by atomic mass is 9.83. The molecule has 5 heteroatoms. The minimum absolute atomic E-state index is 0.0575. The predicted octanol–water partition coefficient (Wildman–Crippen LogP) is 0.961. The van der Waals surface area contributed by atoms with E-state index < -0.39 is 30.2 Å². The first kappa shape index (κ1) is 18.4. The van der Waals surface area contributed by atoms with Crippen LogP contribution in [0.5, 0.6) is 0 Å². The molecule has 0 saturated carbocycles. The molecule has 1 saturated heterocycles. The van der Waals surface area contributed by atoms with Crippen LogP contribution >= 0.6 is 0 Å². The van der Waals surface area contributed by atoms with E-state index in [1.807, 2.05) is 27.7 Å². The zero-order chi connectivity index (χ0) is 17.7. The Labute approximate surface area is 137 Å². The topological polar surface area (TPSA) is 90.2 Å². The van der Waals surface area contributed by atoms with Gasteiger partial charge in [0.1, 0.15) is 18.3 Å². The van der Waals surface area contributed by atoms with Crippen LogP contribution in [0.25, 0.3) is 0 Å². The van der Waals surface area contributed by atoms with Crippen molar-refractivity contribution in [1.82, 2.24) is 0 Å². The second-order valence-corrected chi connectivity index (χ2v) is 6.87. The SMILES string of the molecule is Cc1c(C)c(C)c(C[C@@]2(O)O[C@@H](C)[C@@H](O)[C@@H](O)[C@@H]2O)c(C)c1C. The molecule has 4 N–H and O–H groups in total. The van der Waals surface area contributed by atoms with Crippen molar-refractivity contribution in [1.29, 1.82) is 0 Å². The lowest BCUT2D eigenvalue weighted by molar-refractivity contribution is -0.341. The fourth-order valence-electron chi connectivity index (χ4n) is 3.43. The molecule has 1 fully saturated rings. The number of hydrogen-bond acceptors (Lipinski definition) is 5. The van der Waals surface area contributed by atoms with E-state index in [9.17, 15) is 20.4 Å². The molecule has 1 aliphatic rings. The quantitative estimate of drug-likeness (QED) is 0.651. The van der Waals surface area contributed by atoms with Gasteiger partial charge in [0, 0.05) is 6.42 Å². The summed E-state index contributed by atoms with van der Waals surface area (Å²) in [5.74, 6) is -1.93. The summed E-state index contributed by atoms with van der Waals surface area (Å²) in [6.45, 7) is 11.7. The Hall–Kier alpha value is -0.980. The van der Waals surface area contributed by atoms with Crippen LogP contribution in [0.2, 0.25) is 0 Å². The summed E-state index contributed by atoms with van der Waals surface area (Å²) in [6.07, 6.45) is -4.96. The Kier molecular flexibility index (Phi) is 4.91. The van der Waals surface area contributed by atoms with E-state index in [1.54, 1.807) is 6.92 Å². The number of ether oxygens (including phenoxy) is 1. The van der Waals surface area contributed by atoms with Crippen molar-refractivity contribution in [2.45, 2.75) is 78.2 Å². The maximum Gasteiger partial charge on any atom is 0.199 e. The van der Waals surface area contributed by atoms with Crippen molar-refractivity contribution in [2.75, 3.05) is 0 Å². The van der Waals surface area contributed by atoms with E-state index in [1.165, 1.54) is 5.56 Å². The van der Waals surface area contributed by atoms with Crippen LogP contribution in [0.3, 0.4) is 0 Å². The minimum Gasteiger partial charge on any atom is -0.388 e. The first-order chi connectivity index (χ1) is 10.5. The minimum atomic E-state index is -1.93. The van der Waals surface area contributed by atoms with Crippen molar-refractivity contribution in [2.24, 2.45) is 0 Å². The van der Waals surface area contributed by atoms with Gasteiger partial charge in [0.25, 0.3) is 0 Å². The lowest BCUT2D eigenvalue weighted by Gasteiger charge is -2.45. The summed E-state index contributed by atoms with van der Waals surface area (Å²) < 4.78 is 5.49. The molecule has 5 atom stereocenters. The van der Waals surface area contributed by atoms with E-state index in [4.69, 9.17) is 4.74 Å². The largest absolute Gasteiger partial charge is 0.388 e. The molecular formula is C18H28O5. The van der Waals surface area contributed by atoms with Crippen LogP contribution in [0.15, 0.2) is 0 Å². The van der Waals surface area contributed by atoms with Gasteiger partial charge in [-0.05, 0) is 74.9 Å². The molecule has 0 spiro atoms. The third kappa shape index (κ3) is 2.92. The summed E-state index contributed by atoms with van der Waals surface area (Å²) in [5, 5.41) is 40.8. The molecule has 5 nitrogen and oxygen atoms in total. The summed E-state index contributed by atoms with van der Waals surface area (Å²) in [5.41, 5.74) is 6.50. The Bertz CT molecular complexity index is 583. The Morgan fingerprint density at radius 1 is 0.826 bits per heavy atom. The highest BCUT2D eigenvalue weighted by atomic mass is 16.7. The molecule has 0 bridgehead atoms. The van der Waals surface area contributed by atoms with Gasteiger partial charge in [-0.1, -0.05) is 0 Å². The standard InChI is InChI=1S/C18H28O5/c1-8-9(2)11(4)14(12(5)10(8)3)7-18(22)17(21)16(20)15(19)13(6)23-18/h13,15-17,19-22H,7H2,1-6H3/t13-,15+,16+,17-,18+/m0/s1. The van der Waals surface area contributed by atoms with Gasteiger partial charge in [0.15, 0.2) is 5.79 Å². The van der Waals surface area contributed by atoms with Crippen LogP contribution in [0, 0.1) is 34.6 Å². The Morgan fingerprint density at radius 2 is 1.26 bits per heavy atom. The van der Waals surface area contributed by atoms with Crippen LogP contribution < -0.4 is 0 Å². The molecule has 1 aliphatic heterocycles. The van der Waals surface area contributed by atoms with Crippen LogP contribution in [0.4, 0.5) is 0 Å². The second kappa shape index (κ2) is 6.15. The van der Waals surface area contributed by atoms with Crippen molar-refractivity contribution >= 4 is 0 Å². The average Bonchev–Trinajstić information content (AvgIpc) is 2.51. The summed E-state index contributed by atoms with van der Waals surface area (Å²) in [6, 6.07) is 0. The normalized spacial score (nSPS) is 34.7. The summed E-state index contributed by atoms with van der Waals surface area (Å²) in [7, 11) is 0. The highest BCUT2D eigenvalue weighted by molar-refractivity contribution is 5.49. The van der Waals surface area contributed by atoms with Gasteiger partial charge in [-0.15, -0.1) is 0 Å². The number of benzene rings is 1. The Morgan fingerprint density at radius 3 is 1.74 bits per heavy atom. The third-order valence-corrected chi connectivity index (χ3v) is 5.59. The van der Waals surface area contributed by atoms with Gasteiger partial charge in [-0.3, -0.25) is 0 Å². The molecule has 0 aromatic heterocycles. The van der Waals surface area contributed by atoms with E-state index in [0.29, 0.717) is 0 Å².